The Balaban J connectivity index is 1.17. The fourth-order valence-corrected chi connectivity index (χ4v) is 10.9. The predicted octanol–water partition coefficient (Wildman–Crippen LogP) is 15.3. The van der Waals surface area contributed by atoms with Crippen molar-refractivity contribution in [3.8, 4) is 33.4 Å². The van der Waals surface area contributed by atoms with Crippen molar-refractivity contribution < 1.29 is 4.42 Å². The van der Waals surface area contributed by atoms with Crippen LogP contribution in [0.15, 0.2) is 138 Å². The van der Waals surface area contributed by atoms with Crippen LogP contribution < -0.4 is 4.90 Å². The number of rotatable bonds is 3. The van der Waals surface area contributed by atoms with Crippen LogP contribution in [0.5, 0.6) is 0 Å². The van der Waals surface area contributed by atoms with Crippen molar-refractivity contribution in [2.75, 3.05) is 4.90 Å². The highest BCUT2D eigenvalue weighted by atomic mass is 16.3. The number of hydrogen-bond acceptors (Lipinski definition) is 2. The van der Waals surface area contributed by atoms with Gasteiger partial charge in [0.15, 0.2) is 0 Å². The largest absolute Gasteiger partial charge is 0.456 e. The Hall–Kier alpha value is -5.86. The molecule has 280 valence electrons. The van der Waals surface area contributed by atoms with E-state index in [2.05, 4.69) is 201 Å². The Labute approximate surface area is 336 Å². The summed E-state index contributed by atoms with van der Waals surface area (Å²) < 4.78 is 6.70. The number of hydrogen-bond donors (Lipinski definition) is 0. The summed E-state index contributed by atoms with van der Waals surface area (Å²) >= 11 is 0. The average molecular weight is 740 g/mol. The highest BCUT2D eigenvalue weighted by molar-refractivity contribution is 6.09. The minimum absolute atomic E-state index is 0.0490. The maximum Gasteiger partial charge on any atom is 0.135 e. The van der Waals surface area contributed by atoms with Crippen LogP contribution in [-0.2, 0) is 21.7 Å². The van der Waals surface area contributed by atoms with Gasteiger partial charge in [-0.05, 0) is 115 Å². The first-order chi connectivity index (χ1) is 27.2. The quantitative estimate of drug-likeness (QED) is 0.179. The molecule has 0 N–H and O–H groups in total. The van der Waals surface area contributed by atoms with E-state index in [-0.39, 0.29) is 21.7 Å². The number of anilines is 3. The number of furan rings is 1. The van der Waals surface area contributed by atoms with Crippen LogP contribution in [0.2, 0.25) is 0 Å². The second kappa shape index (κ2) is 11.2. The molecule has 0 radical (unpaired) electrons. The molecular formula is C55H49NO. The lowest BCUT2D eigenvalue weighted by Gasteiger charge is -2.34. The molecule has 3 aliphatic carbocycles. The molecule has 0 spiro atoms. The summed E-state index contributed by atoms with van der Waals surface area (Å²) in [5.74, 6) is 0. The molecule has 0 saturated carbocycles. The number of nitrogens with zero attached hydrogens (tertiary/aromatic N) is 1. The van der Waals surface area contributed by atoms with Gasteiger partial charge in [-0.2, -0.15) is 0 Å². The van der Waals surface area contributed by atoms with E-state index in [9.17, 15) is 0 Å². The highest BCUT2D eigenvalue weighted by Gasteiger charge is 2.43. The van der Waals surface area contributed by atoms with Gasteiger partial charge < -0.3 is 9.32 Å². The molecule has 7 aromatic carbocycles. The van der Waals surface area contributed by atoms with Gasteiger partial charge in [-0.3, -0.25) is 0 Å². The van der Waals surface area contributed by atoms with Gasteiger partial charge in [-0.1, -0.05) is 153 Å². The van der Waals surface area contributed by atoms with Crippen molar-refractivity contribution >= 4 is 39.0 Å². The lowest BCUT2D eigenvalue weighted by Crippen LogP contribution is -2.22. The minimum atomic E-state index is -0.301. The van der Waals surface area contributed by atoms with Gasteiger partial charge in [-0.15, -0.1) is 0 Å². The fourth-order valence-electron chi connectivity index (χ4n) is 10.9. The molecule has 0 aliphatic heterocycles. The summed E-state index contributed by atoms with van der Waals surface area (Å²) in [7, 11) is 0. The minimum Gasteiger partial charge on any atom is -0.456 e. The van der Waals surface area contributed by atoms with E-state index in [0.29, 0.717) is 0 Å². The lowest BCUT2D eigenvalue weighted by molar-refractivity contribution is 0.587. The molecule has 1 heterocycles. The third kappa shape index (κ3) is 4.53. The third-order valence-corrected chi connectivity index (χ3v) is 14.0. The summed E-state index contributed by atoms with van der Waals surface area (Å²) in [6.45, 7) is 21.1. The molecule has 0 amide bonds. The summed E-state index contributed by atoms with van der Waals surface area (Å²) in [5, 5.41) is 2.35. The zero-order chi connectivity index (χ0) is 39.4. The van der Waals surface area contributed by atoms with E-state index in [1.165, 1.54) is 100 Å². The second-order valence-electron chi connectivity index (χ2n) is 19.4. The van der Waals surface area contributed by atoms with Gasteiger partial charge in [0.2, 0.25) is 0 Å². The second-order valence-corrected chi connectivity index (χ2v) is 19.4. The normalized spacial score (nSPS) is 16.2. The predicted molar refractivity (Wildman–Crippen MR) is 240 cm³/mol. The molecule has 2 nitrogen and oxygen atoms in total. The average Bonchev–Trinajstić information content (AvgIpc) is 3.82. The summed E-state index contributed by atoms with van der Waals surface area (Å²) in [5.41, 5.74) is 22.4. The van der Waals surface area contributed by atoms with Crippen LogP contribution in [0, 0.1) is 0 Å². The standard InChI is InChI=1S/C55H49NO/c1-52(2,3)32-24-26-36-40-30-39-37-18-14-23-47(51(37)55(8,9)45(39)31-49(40)57-48(36)28-32)56(33-25-27-35-34-16-10-12-19-41(34)54(6,7)44(35)29-33)46-22-15-21-43-50(46)38-17-11-13-20-42(38)53(43,4)5/h10-31H,1-9H3. The molecule has 11 rings (SSSR count). The van der Waals surface area contributed by atoms with Crippen LogP contribution in [0.1, 0.15) is 101 Å². The van der Waals surface area contributed by atoms with E-state index in [1.54, 1.807) is 0 Å². The summed E-state index contributed by atoms with van der Waals surface area (Å²) in [4.78, 5) is 2.59. The Kier molecular flexibility index (Phi) is 6.74. The van der Waals surface area contributed by atoms with Gasteiger partial charge >= 0.3 is 0 Å². The number of fused-ring (bicyclic) bond motifs is 12. The van der Waals surface area contributed by atoms with Gasteiger partial charge in [0, 0.05) is 38.3 Å². The van der Waals surface area contributed by atoms with Crippen LogP contribution >= 0.6 is 0 Å². The fraction of sp³-hybridized carbons (Fsp3) is 0.236. The van der Waals surface area contributed by atoms with Crippen LogP contribution in [-0.4, -0.2) is 0 Å². The van der Waals surface area contributed by atoms with E-state index < -0.39 is 0 Å². The zero-order valence-electron chi connectivity index (χ0n) is 34.6. The Morgan fingerprint density at radius 2 is 1.04 bits per heavy atom. The summed E-state index contributed by atoms with van der Waals surface area (Å²) in [6, 6.07) is 50.7. The van der Waals surface area contributed by atoms with Crippen molar-refractivity contribution in [1.29, 1.82) is 0 Å². The van der Waals surface area contributed by atoms with Crippen molar-refractivity contribution in [3.05, 3.63) is 172 Å². The molecule has 0 saturated heterocycles. The molecule has 0 fully saturated rings. The SMILES string of the molecule is CC(C)(C)c1ccc2c(c1)oc1cc3c(cc12)-c1cccc(N(c2ccc4c(c2)C(C)(C)c2ccccc2-4)c2cccc4c2-c2ccccc2C4(C)C)c1C3(C)C. The van der Waals surface area contributed by atoms with Gasteiger partial charge in [0.25, 0.3) is 0 Å². The molecular weight excluding hydrogens is 691 g/mol. The van der Waals surface area contributed by atoms with E-state index in [4.69, 9.17) is 4.42 Å². The monoisotopic (exact) mass is 739 g/mol. The topological polar surface area (TPSA) is 16.4 Å². The molecule has 1 aromatic heterocycles. The van der Waals surface area contributed by atoms with Gasteiger partial charge in [-0.25, -0.2) is 0 Å². The third-order valence-electron chi connectivity index (χ3n) is 14.0. The molecule has 2 heteroatoms. The lowest BCUT2D eigenvalue weighted by atomic mass is 9.80. The molecule has 57 heavy (non-hydrogen) atoms. The summed E-state index contributed by atoms with van der Waals surface area (Å²) in [6.07, 6.45) is 0. The van der Waals surface area contributed by atoms with E-state index in [1.807, 2.05) is 0 Å². The Bertz CT molecular complexity index is 3030. The molecule has 0 bridgehead atoms. The zero-order valence-corrected chi connectivity index (χ0v) is 34.6. The van der Waals surface area contributed by atoms with Gasteiger partial charge in [0.1, 0.15) is 11.2 Å². The molecule has 3 aliphatic rings. The molecule has 0 unspecified atom stereocenters. The first-order valence-electron chi connectivity index (χ1n) is 20.6. The van der Waals surface area contributed by atoms with Crippen molar-refractivity contribution in [1.82, 2.24) is 0 Å². The Morgan fingerprint density at radius 3 is 1.81 bits per heavy atom. The Morgan fingerprint density at radius 1 is 0.439 bits per heavy atom. The number of benzene rings is 7. The van der Waals surface area contributed by atoms with E-state index >= 15 is 0 Å². The van der Waals surface area contributed by atoms with Crippen LogP contribution in [0.25, 0.3) is 55.3 Å². The van der Waals surface area contributed by atoms with Crippen molar-refractivity contribution in [2.45, 2.75) is 84.0 Å². The highest BCUT2D eigenvalue weighted by Crippen LogP contribution is 2.59. The maximum absolute atomic E-state index is 6.70. The smallest absolute Gasteiger partial charge is 0.135 e. The maximum atomic E-state index is 6.70. The van der Waals surface area contributed by atoms with E-state index in [0.717, 1.165) is 11.2 Å². The van der Waals surface area contributed by atoms with Crippen LogP contribution in [0.4, 0.5) is 17.1 Å². The van der Waals surface area contributed by atoms with Crippen molar-refractivity contribution in [2.24, 2.45) is 0 Å². The van der Waals surface area contributed by atoms with Crippen LogP contribution in [0.3, 0.4) is 0 Å². The first kappa shape index (κ1) is 34.4. The molecule has 0 atom stereocenters. The first-order valence-corrected chi connectivity index (χ1v) is 20.6. The molecule has 8 aromatic rings. The van der Waals surface area contributed by atoms with Gasteiger partial charge in [0.05, 0.1) is 11.4 Å². The van der Waals surface area contributed by atoms with Crippen molar-refractivity contribution in [3.63, 3.8) is 0 Å².